The van der Waals surface area contributed by atoms with Gasteiger partial charge in [-0.15, -0.1) is 0 Å². The van der Waals surface area contributed by atoms with Crippen LogP contribution in [0.4, 0.5) is 4.39 Å². The summed E-state index contributed by atoms with van der Waals surface area (Å²) < 4.78 is 13.8. The standard InChI is InChI=1S/C22H25FN2O2/c1-3-10-25-14-18(13-21(25)26)24-22(27)19-7-5-4-6-17(19)11-16-9-8-15(2)20(23)12-16/h4-9,12,18H,3,10-11,13-14H2,1-2H3,(H,24,27). The third-order valence-corrected chi connectivity index (χ3v) is 4.94. The lowest BCUT2D eigenvalue weighted by Crippen LogP contribution is -2.37. The number of halogens is 1. The van der Waals surface area contributed by atoms with Gasteiger partial charge in [-0.25, -0.2) is 4.39 Å². The molecule has 4 nitrogen and oxygen atoms in total. The zero-order valence-electron chi connectivity index (χ0n) is 15.8. The average Bonchev–Trinajstić information content (AvgIpc) is 2.98. The minimum absolute atomic E-state index is 0.0885. The molecule has 142 valence electrons. The van der Waals surface area contributed by atoms with Crippen LogP contribution in [0.1, 0.15) is 46.8 Å². The fourth-order valence-corrected chi connectivity index (χ4v) is 3.48. The Morgan fingerprint density at radius 1 is 1.26 bits per heavy atom. The molecular weight excluding hydrogens is 343 g/mol. The zero-order chi connectivity index (χ0) is 19.4. The predicted octanol–water partition coefficient (Wildman–Crippen LogP) is 3.47. The van der Waals surface area contributed by atoms with Crippen LogP contribution < -0.4 is 5.32 Å². The number of hydrogen-bond donors (Lipinski definition) is 1. The smallest absolute Gasteiger partial charge is 0.251 e. The minimum atomic E-state index is -0.241. The highest BCUT2D eigenvalue weighted by Crippen LogP contribution is 2.18. The van der Waals surface area contributed by atoms with Crippen molar-refractivity contribution in [2.75, 3.05) is 13.1 Å². The summed E-state index contributed by atoms with van der Waals surface area (Å²) in [5.41, 5.74) is 2.84. The van der Waals surface area contributed by atoms with Gasteiger partial charge in [-0.2, -0.15) is 0 Å². The van der Waals surface area contributed by atoms with Crippen molar-refractivity contribution in [3.05, 3.63) is 70.5 Å². The second-order valence-corrected chi connectivity index (χ2v) is 7.13. The van der Waals surface area contributed by atoms with Gasteiger partial charge in [0.1, 0.15) is 5.82 Å². The molecule has 3 rings (SSSR count). The molecule has 0 aliphatic carbocycles. The molecule has 1 saturated heterocycles. The lowest BCUT2D eigenvalue weighted by molar-refractivity contribution is -0.127. The van der Waals surface area contributed by atoms with Crippen LogP contribution in [0, 0.1) is 12.7 Å². The van der Waals surface area contributed by atoms with E-state index in [1.54, 1.807) is 24.0 Å². The largest absolute Gasteiger partial charge is 0.347 e. The van der Waals surface area contributed by atoms with Crippen molar-refractivity contribution in [3.8, 4) is 0 Å². The molecule has 2 aromatic carbocycles. The van der Waals surface area contributed by atoms with Gasteiger partial charge in [-0.3, -0.25) is 9.59 Å². The summed E-state index contributed by atoms with van der Waals surface area (Å²) in [5, 5.41) is 2.99. The third kappa shape index (κ3) is 4.54. The predicted molar refractivity (Wildman–Crippen MR) is 103 cm³/mol. The molecule has 0 radical (unpaired) electrons. The van der Waals surface area contributed by atoms with Crippen molar-refractivity contribution >= 4 is 11.8 Å². The normalized spacial score (nSPS) is 16.6. The fraction of sp³-hybridized carbons (Fsp3) is 0.364. The third-order valence-electron chi connectivity index (χ3n) is 4.94. The van der Waals surface area contributed by atoms with Crippen LogP contribution in [0.15, 0.2) is 42.5 Å². The van der Waals surface area contributed by atoms with Crippen molar-refractivity contribution in [3.63, 3.8) is 0 Å². The second-order valence-electron chi connectivity index (χ2n) is 7.13. The van der Waals surface area contributed by atoms with E-state index in [9.17, 15) is 14.0 Å². The summed E-state index contributed by atoms with van der Waals surface area (Å²) in [6, 6.07) is 12.3. The van der Waals surface area contributed by atoms with E-state index < -0.39 is 0 Å². The van der Waals surface area contributed by atoms with E-state index in [1.807, 2.05) is 31.2 Å². The van der Waals surface area contributed by atoms with Gasteiger partial charge in [0, 0.05) is 25.1 Å². The summed E-state index contributed by atoms with van der Waals surface area (Å²) in [5.74, 6) is -0.338. The van der Waals surface area contributed by atoms with Gasteiger partial charge in [0.2, 0.25) is 5.91 Å². The van der Waals surface area contributed by atoms with Crippen molar-refractivity contribution in [1.29, 1.82) is 0 Å². The molecule has 1 fully saturated rings. The average molecular weight is 368 g/mol. The van der Waals surface area contributed by atoms with Crippen molar-refractivity contribution in [2.24, 2.45) is 0 Å². The van der Waals surface area contributed by atoms with E-state index in [0.29, 0.717) is 30.5 Å². The molecule has 0 saturated carbocycles. The Balaban J connectivity index is 1.72. The highest BCUT2D eigenvalue weighted by atomic mass is 19.1. The Morgan fingerprint density at radius 2 is 2.04 bits per heavy atom. The van der Waals surface area contributed by atoms with Gasteiger partial charge in [-0.1, -0.05) is 37.3 Å². The van der Waals surface area contributed by atoms with Crippen LogP contribution >= 0.6 is 0 Å². The summed E-state index contributed by atoms with van der Waals surface area (Å²) in [6.45, 7) is 5.04. The first-order valence-corrected chi connectivity index (χ1v) is 9.39. The maximum Gasteiger partial charge on any atom is 0.251 e. The molecule has 0 aromatic heterocycles. The van der Waals surface area contributed by atoms with Gasteiger partial charge >= 0.3 is 0 Å². The molecule has 1 unspecified atom stereocenters. The molecule has 1 heterocycles. The lowest BCUT2D eigenvalue weighted by Gasteiger charge is -2.17. The first kappa shape index (κ1) is 19.1. The van der Waals surface area contributed by atoms with Crippen LogP contribution in [-0.4, -0.2) is 35.8 Å². The van der Waals surface area contributed by atoms with Gasteiger partial charge < -0.3 is 10.2 Å². The molecule has 0 spiro atoms. The number of nitrogens with zero attached hydrogens (tertiary/aromatic N) is 1. The van der Waals surface area contributed by atoms with Crippen LogP contribution in [0.2, 0.25) is 0 Å². The van der Waals surface area contributed by atoms with Gasteiger partial charge in [0.05, 0.1) is 6.04 Å². The maximum atomic E-state index is 13.8. The lowest BCUT2D eigenvalue weighted by atomic mass is 9.98. The van der Waals surface area contributed by atoms with Crippen molar-refractivity contribution in [1.82, 2.24) is 10.2 Å². The Hall–Kier alpha value is -2.69. The molecule has 2 amide bonds. The van der Waals surface area contributed by atoms with Gasteiger partial charge in [0.25, 0.3) is 5.91 Å². The van der Waals surface area contributed by atoms with E-state index >= 15 is 0 Å². The van der Waals surface area contributed by atoms with E-state index in [4.69, 9.17) is 0 Å². The first-order chi connectivity index (χ1) is 13.0. The molecule has 1 aliphatic rings. The Kier molecular flexibility index (Phi) is 5.89. The van der Waals surface area contributed by atoms with Gasteiger partial charge in [-0.05, 0) is 48.6 Å². The number of carbonyl (C=O) groups excluding carboxylic acids is 2. The molecule has 0 bridgehead atoms. The second kappa shape index (κ2) is 8.33. The van der Waals surface area contributed by atoms with Crippen LogP contribution in [0.25, 0.3) is 0 Å². The van der Waals surface area contributed by atoms with Crippen molar-refractivity contribution < 1.29 is 14.0 Å². The summed E-state index contributed by atoms with van der Waals surface area (Å²) in [4.78, 5) is 26.6. The molecular formula is C22H25FN2O2. The summed E-state index contributed by atoms with van der Waals surface area (Å²) in [6.07, 6.45) is 1.73. The molecule has 5 heteroatoms. The molecule has 1 aliphatic heterocycles. The zero-order valence-corrected chi connectivity index (χ0v) is 15.8. The van der Waals surface area contributed by atoms with Gasteiger partial charge in [0.15, 0.2) is 0 Å². The van der Waals surface area contributed by atoms with E-state index in [0.717, 1.165) is 24.1 Å². The quantitative estimate of drug-likeness (QED) is 0.849. The number of benzene rings is 2. The van der Waals surface area contributed by atoms with E-state index in [1.165, 1.54) is 6.07 Å². The maximum absolute atomic E-state index is 13.8. The highest BCUT2D eigenvalue weighted by Gasteiger charge is 2.30. The number of aryl methyl sites for hydroxylation is 1. The van der Waals surface area contributed by atoms with E-state index in [2.05, 4.69) is 5.32 Å². The molecule has 2 aromatic rings. The number of amides is 2. The number of rotatable bonds is 6. The number of nitrogens with one attached hydrogen (secondary N) is 1. The number of carbonyl (C=O) groups is 2. The van der Waals surface area contributed by atoms with Crippen molar-refractivity contribution in [2.45, 2.75) is 39.2 Å². The van der Waals surface area contributed by atoms with Crippen LogP contribution in [0.3, 0.4) is 0 Å². The monoisotopic (exact) mass is 368 g/mol. The number of hydrogen-bond acceptors (Lipinski definition) is 2. The molecule has 1 N–H and O–H groups in total. The minimum Gasteiger partial charge on any atom is -0.347 e. The first-order valence-electron chi connectivity index (χ1n) is 9.39. The summed E-state index contributed by atoms with van der Waals surface area (Å²) >= 11 is 0. The summed E-state index contributed by atoms with van der Waals surface area (Å²) in [7, 11) is 0. The molecule has 27 heavy (non-hydrogen) atoms. The topological polar surface area (TPSA) is 49.4 Å². The SMILES string of the molecule is CCCN1CC(NC(=O)c2ccccc2Cc2ccc(C)c(F)c2)CC1=O. The number of likely N-dealkylation sites (tertiary alicyclic amines) is 1. The Labute approximate surface area is 159 Å². The highest BCUT2D eigenvalue weighted by molar-refractivity contribution is 5.96. The van der Waals surface area contributed by atoms with Crippen LogP contribution in [0.5, 0.6) is 0 Å². The fourth-order valence-electron chi connectivity index (χ4n) is 3.48. The van der Waals surface area contributed by atoms with E-state index in [-0.39, 0.29) is 23.7 Å². The Bertz CT molecular complexity index is 850. The van der Waals surface area contributed by atoms with Crippen LogP contribution in [-0.2, 0) is 11.2 Å². The molecule has 1 atom stereocenters. The Morgan fingerprint density at radius 3 is 2.78 bits per heavy atom.